The number of carbonyl (C=O) groups is 1. The van der Waals surface area contributed by atoms with Crippen LogP contribution in [0.5, 0.6) is 0 Å². The summed E-state index contributed by atoms with van der Waals surface area (Å²) < 4.78 is 2.09. The first kappa shape index (κ1) is 18.7. The number of para-hydroxylation sites is 1. The number of carbonyl (C=O) groups excluding carboxylic acids is 1. The van der Waals surface area contributed by atoms with E-state index in [0.29, 0.717) is 5.75 Å². The molecule has 0 unspecified atom stereocenters. The predicted octanol–water partition coefficient (Wildman–Crippen LogP) is 3.77. The molecule has 6 heteroatoms. The minimum absolute atomic E-state index is 0.191. The van der Waals surface area contributed by atoms with Crippen molar-refractivity contribution in [2.24, 2.45) is 0 Å². The Morgan fingerprint density at radius 3 is 2.29 bits per heavy atom. The topological polar surface area (TPSA) is 51.0 Å². The number of hydrogen-bond donors (Lipinski definition) is 0. The molecule has 0 N–H and O–H groups in total. The molecule has 2 aromatic carbocycles. The quantitative estimate of drug-likeness (QED) is 0.575. The van der Waals surface area contributed by atoms with E-state index in [1.165, 1.54) is 17.3 Å². The molecule has 1 saturated heterocycles. The van der Waals surface area contributed by atoms with Crippen molar-refractivity contribution in [3.8, 4) is 5.69 Å². The molecule has 0 radical (unpaired) electrons. The number of thioether (sulfide) groups is 1. The first-order valence-electron chi connectivity index (χ1n) is 9.75. The SMILES string of the molecule is O=C(CSc1nnc(CCc2ccccc2)n1-c1ccccc1)N1CCCC1. The monoisotopic (exact) mass is 392 g/mol. The fourth-order valence-corrected chi connectivity index (χ4v) is 4.35. The lowest BCUT2D eigenvalue weighted by atomic mass is 10.1. The Morgan fingerprint density at radius 2 is 1.57 bits per heavy atom. The van der Waals surface area contributed by atoms with Crippen LogP contribution >= 0.6 is 11.8 Å². The molecule has 28 heavy (non-hydrogen) atoms. The highest BCUT2D eigenvalue weighted by Gasteiger charge is 2.20. The summed E-state index contributed by atoms with van der Waals surface area (Å²) in [6.45, 7) is 1.76. The molecule has 3 aromatic rings. The summed E-state index contributed by atoms with van der Waals surface area (Å²) in [5.74, 6) is 1.52. The van der Waals surface area contributed by atoms with Gasteiger partial charge in [-0.1, -0.05) is 60.3 Å². The maximum absolute atomic E-state index is 12.4. The van der Waals surface area contributed by atoms with Crippen molar-refractivity contribution >= 4 is 17.7 Å². The Hall–Kier alpha value is -2.60. The van der Waals surface area contributed by atoms with Gasteiger partial charge in [0.25, 0.3) is 0 Å². The molecule has 144 valence electrons. The first-order valence-corrected chi connectivity index (χ1v) is 10.7. The van der Waals surface area contributed by atoms with Gasteiger partial charge in [0.05, 0.1) is 5.75 Å². The number of nitrogens with zero attached hydrogens (tertiary/aromatic N) is 4. The second-order valence-corrected chi connectivity index (χ2v) is 7.87. The van der Waals surface area contributed by atoms with Gasteiger partial charge in [-0.2, -0.15) is 0 Å². The van der Waals surface area contributed by atoms with Gasteiger partial charge in [-0.05, 0) is 37.0 Å². The lowest BCUT2D eigenvalue weighted by molar-refractivity contribution is -0.127. The summed E-state index contributed by atoms with van der Waals surface area (Å²) in [7, 11) is 0. The maximum atomic E-state index is 12.4. The molecule has 0 bridgehead atoms. The predicted molar refractivity (Wildman–Crippen MR) is 112 cm³/mol. The van der Waals surface area contributed by atoms with Gasteiger partial charge in [0.1, 0.15) is 5.82 Å². The number of likely N-dealkylation sites (tertiary alicyclic amines) is 1. The van der Waals surface area contributed by atoms with Crippen LogP contribution in [0.3, 0.4) is 0 Å². The van der Waals surface area contributed by atoms with Crippen molar-refractivity contribution in [3.05, 3.63) is 72.1 Å². The molecular formula is C22H24N4OS. The van der Waals surface area contributed by atoms with Crippen LogP contribution in [0.1, 0.15) is 24.2 Å². The summed E-state index contributed by atoms with van der Waals surface area (Å²) in [6, 6.07) is 20.6. The summed E-state index contributed by atoms with van der Waals surface area (Å²) in [6.07, 6.45) is 3.93. The van der Waals surface area contributed by atoms with Crippen LogP contribution in [0, 0.1) is 0 Å². The zero-order valence-corrected chi connectivity index (χ0v) is 16.6. The zero-order valence-electron chi connectivity index (χ0n) is 15.8. The second-order valence-electron chi connectivity index (χ2n) is 6.93. The molecule has 1 aromatic heterocycles. The van der Waals surface area contributed by atoms with Crippen LogP contribution in [0.4, 0.5) is 0 Å². The lowest BCUT2D eigenvalue weighted by Gasteiger charge is -2.15. The third-order valence-electron chi connectivity index (χ3n) is 4.98. The number of rotatable bonds is 7. The number of benzene rings is 2. The maximum Gasteiger partial charge on any atom is 0.233 e. The number of aromatic nitrogens is 3. The van der Waals surface area contributed by atoms with Crippen LogP contribution < -0.4 is 0 Å². The van der Waals surface area contributed by atoms with Gasteiger partial charge in [-0.3, -0.25) is 9.36 Å². The van der Waals surface area contributed by atoms with Crippen LogP contribution in [0.25, 0.3) is 5.69 Å². The normalized spacial score (nSPS) is 13.8. The average molecular weight is 393 g/mol. The highest BCUT2D eigenvalue weighted by molar-refractivity contribution is 7.99. The van der Waals surface area contributed by atoms with Crippen LogP contribution in [0.15, 0.2) is 65.8 Å². The number of amides is 1. The van der Waals surface area contributed by atoms with E-state index in [2.05, 4.69) is 51.2 Å². The number of aryl methyl sites for hydroxylation is 2. The van der Waals surface area contributed by atoms with Gasteiger partial charge in [-0.15, -0.1) is 10.2 Å². The molecule has 0 saturated carbocycles. The van der Waals surface area contributed by atoms with Crippen molar-refractivity contribution in [3.63, 3.8) is 0 Å². The minimum Gasteiger partial charge on any atom is -0.342 e. The summed E-state index contributed by atoms with van der Waals surface area (Å²) in [5.41, 5.74) is 2.32. The Labute approximate surface area is 169 Å². The molecule has 5 nitrogen and oxygen atoms in total. The van der Waals surface area contributed by atoms with Crippen molar-refractivity contribution < 1.29 is 4.79 Å². The molecule has 1 fully saturated rings. The van der Waals surface area contributed by atoms with Crippen molar-refractivity contribution in [2.75, 3.05) is 18.8 Å². The van der Waals surface area contributed by atoms with Gasteiger partial charge < -0.3 is 4.90 Å². The Kier molecular flexibility index (Phi) is 6.07. The largest absolute Gasteiger partial charge is 0.342 e. The third kappa shape index (κ3) is 4.44. The lowest BCUT2D eigenvalue weighted by Crippen LogP contribution is -2.29. The van der Waals surface area contributed by atoms with Gasteiger partial charge in [0.15, 0.2) is 5.16 Å². The van der Waals surface area contributed by atoms with E-state index in [-0.39, 0.29) is 5.91 Å². The standard InChI is InChI=1S/C22H24N4OS/c27-21(25-15-7-8-16-25)17-28-22-24-23-20(14-13-18-9-3-1-4-10-18)26(22)19-11-5-2-6-12-19/h1-6,9-12H,7-8,13-17H2. The van der Waals surface area contributed by atoms with Gasteiger partial charge in [0.2, 0.25) is 5.91 Å². The average Bonchev–Trinajstić information content (AvgIpc) is 3.42. The summed E-state index contributed by atoms with van der Waals surface area (Å²) in [4.78, 5) is 14.4. The fourth-order valence-electron chi connectivity index (χ4n) is 3.48. The molecular weight excluding hydrogens is 368 g/mol. The highest BCUT2D eigenvalue weighted by atomic mass is 32.2. The molecule has 4 rings (SSSR count). The van der Waals surface area contributed by atoms with Crippen LogP contribution in [0.2, 0.25) is 0 Å². The van der Waals surface area contributed by atoms with E-state index >= 15 is 0 Å². The van der Waals surface area contributed by atoms with E-state index in [4.69, 9.17) is 0 Å². The first-order chi connectivity index (χ1) is 13.8. The van der Waals surface area contributed by atoms with E-state index in [1.807, 2.05) is 29.2 Å². The molecule has 0 spiro atoms. The van der Waals surface area contributed by atoms with Gasteiger partial charge in [-0.25, -0.2) is 0 Å². The van der Waals surface area contributed by atoms with Crippen LogP contribution in [-0.4, -0.2) is 44.4 Å². The molecule has 1 amide bonds. The van der Waals surface area contributed by atoms with E-state index in [1.54, 1.807) is 0 Å². The molecule has 0 aliphatic carbocycles. The van der Waals surface area contributed by atoms with Crippen molar-refractivity contribution in [2.45, 2.75) is 30.8 Å². The van der Waals surface area contributed by atoms with E-state index in [0.717, 1.165) is 55.4 Å². The summed E-state index contributed by atoms with van der Waals surface area (Å²) in [5, 5.41) is 9.64. The summed E-state index contributed by atoms with van der Waals surface area (Å²) >= 11 is 1.48. The molecule has 0 atom stereocenters. The van der Waals surface area contributed by atoms with E-state index in [9.17, 15) is 4.79 Å². The minimum atomic E-state index is 0.191. The zero-order chi connectivity index (χ0) is 19.2. The smallest absolute Gasteiger partial charge is 0.233 e. The Bertz CT molecular complexity index is 905. The molecule has 2 heterocycles. The van der Waals surface area contributed by atoms with Crippen molar-refractivity contribution in [1.82, 2.24) is 19.7 Å². The van der Waals surface area contributed by atoms with Crippen molar-refractivity contribution in [1.29, 1.82) is 0 Å². The Morgan fingerprint density at radius 1 is 0.893 bits per heavy atom. The Balaban J connectivity index is 1.52. The van der Waals surface area contributed by atoms with E-state index < -0.39 is 0 Å². The third-order valence-corrected chi connectivity index (χ3v) is 5.89. The molecule has 1 aliphatic heterocycles. The molecule has 1 aliphatic rings. The van der Waals surface area contributed by atoms with Crippen LogP contribution in [-0.2, 0) is 17.6 Å². The highest BCUT2D eigenvalue weighted by Crippen LogP contribution is 2.24. The fraction of sp³-hybridized carbons (Fsp3) is 0.318. The second kappa shape index (κ2) is 9.06. The number of hydrogen-bond acceptors (Lipinski definition) is 4. The van der Waals surface area contributed by atoms with Gasteiger partial charge >= 0.3 is 0 Å². The van der Waals surface area contributed by atoms with Gasteiger partial charge in [0, 0.05) is 25.2 Å².